The van der Waals surface area contributed by atoms with Gasteiger partial charge in [0.25, 0.3) is 0 Å². The lowest BCUT2D eigenvalue weighted by molar-refractivity contribution is 0.262. The van der Waals surface area contributed by atoms with Crippen LogP contribution >= 0.6 is 11.5 Å². The third-order valence-electron chi connectivity index (χ3n) is 3.80. The Hall–Kier alpha value is -3.59. The Balaban J connectivity index is 1.38. The summed E-state index contributed by atoms with van der Waals surface area (Å²) < 4.78 is 4.10. The highest BCUT2D eigenvalue weighted by atomic mass is 32.1. The molecule has 0 bridgehead atoms. The lowest BCUT2D eigenvalue weighted by Gasteiger charge is -2.09. The van der Waals surface area contributed by atoms with Gasteiger partial charge in [-0.05, 0) is 53.0 Å². The summed E-state index contributed by atoms with van der Waals surface area (Å²) in [6.07, 6.45) is 2.30. The molecule has 9 heteroatoms. The van der Waals surface area contributed by atoms with Gasteiger partial charge in [0.1, 0.15) is 0 Å². The summed E-state index contributed by atoms with van der Waals surface area (Å²) in [7, 11) is 0. The maximum atomic E-state index is 12.3. The van der Waals surface area contributed by atoms with Crippen molar-refractivity contribution in [3.63, 3.8) is 0 Å². The molecule has 0 aliphatic carbocycles. The van der Waals surface area contributed by atoms with Gasteiger partial charge in [-0.1, -0.05) is 29.5 Å². The molecule has 2 amide bonds. The number of anilines is 2. The fourth-order valence-electron chi connectivity index (χ4n) is 2.57. The third-order valence-corrected chi connectivity index (χ3v) is 4.60. The molecule has 134 valence electrons. The lowest BCUT2D eigenvalue weighted by atomic mass is 10.1. The van der Waals surface area contributed by atoms with Gasteiger partial charge in [0, 0.05) is 24.0 Å². The Labute approximate surface area is 158 Å². The first-order valence-corrected chi connectivity index (χ1v) is 8.94. The number of nitrogens with zero attached hydrogens (tertiary/aromatic N) is 4. The minimum atomic E-state index is -0.308. The molecular formula is C18H15N7OS. The lowest BCUT2D eigenvalue weighted by Crippen LogP contribution is -2.19. The standard InChI is InChI=1S/C18H15N7OS/c26-18(20-14-6-4-13(5-7-14)16-8-9-19-27-16)21-15-3-1-2-12(10-15)11-17-22-24-25-23-17/h1-10H,11H2,(H2,20,21,26)(H,22,23,24,25). The first-order valence-electron chi connectivity index (χ1n) is 8.17. The van der Waals surface area contributed by atoms with Crippen LogP contribution in [0.5, 0.6) is 0 Å². The van der Waals surface area contributed by atoms with Crippen LogP contribution in [0, 0.1) is 0 Å². The second-order valence-corrected chi connectivity index (χ2v) is 6.57. The Morgan fingerprint density at radius 2 is 1.89 bits per heavy atom. The van der Waals surface area contributed by atoms with Crippen LogP contribution in [0.25, 0.3) is 10.4 Å². The molecule has 0 saturated heterocycles. The maximum absolute atomic E-state index is 12.3. The van der Waals surface area contributed by atoms with Crippen molar-refractivity contribution in [2.45, 2.75) is 6.42 Å². The zero-order valence-electron chi connectivity index (χ0n) is 14.1. The van der Waals surface area contributed by atoms with Gasteiger partial charge in [0.2, 0.25) is 0 Å². The van der Waals surface area contributed by atoms with Crippen molar-refractivity contribution in [3.8, 4) is 10.4 Å². The molecular weight excluding hydrogens is 362 g/mol. The molecule has 0 saturated carbocycles. The number of rotatable bonds is 5. The van der Waals surface area contributed by atoms with E-state index in [1.54, 1.807) is 6.20 Å². The molecule has 4 rings (SSSR count). The van der Waals surface area contributed by atoms with Crippen LogP contribution in [0.2, 0.25) is 0 Å². The molecule has 0 radical (unpaired) electrons. The number of hydrogen-bond acceptors (Lipinski definition) is 6. The SMILES string of the molecule is O=C(Nc1ccc(-c2ccns2)cc1)Nc1cccc(Cc2nn[nH]n2)c1. The number of tetrazole rings is 1. The summed E-state index contributed by atoms with van der Waals surface area (Å²) in [4.78, 5) is 13.3. The van der Waals surface area contributed by atoms with E-state index in [-0.39, 0.29) is 6.03 Å². The van der Waals surface area contributed by atoms with Crippen LogP contribution in [-0.4, -0.2) is 31.0 Å². The number of H-pyrrole nitrogens is 1. The first kappa shape index (κ1) is 16.9. The highest BCUT2D eigenvalue weighted by Crippen LogP contribution is 2.24. The number of urea groups is 1. The van der Waals surface area contributed by atoms with Crippen molar-refractivity contribution >= 4 is 28.9 Å². The first-order chi connectivity index (χ1) is 13.3. The van der Waals surface area contributed by atoms with Gasteiger partial charge in [-0.2, -0.15) is 5.21 Å². The summed E-state index contributed by atoms with van der Waals surface area (Å²) in [6, 6.07) is 16.8. The minimum absolute atomic E-state index is 0.308. The van der Waals surface area contributed by atoms with E-state index >= 15 is 0 Å². The molecule has 3 N–H and O–H groups in total. The highest BCUT2D eigenvalue weighted by molar-refractivity contribution is 7.09. The molecule has 0 aliphatic rings. The van der Waals surface area contributed by atoms with Crippen LogP contribution in [-0.2, 0) is 6.42 Å². The molecule has 0 spiro atoms. The number of amides is 2. The molecule has 27 heavy (non-hydrogen) atoms. The monoisotopic (exact) mass is 377 g/mol. The van der Waals surface area contributed by atoms with Crippen LogP contribution in [0.15, 0.2) is 60.8 Å². The molecule has 2 aromatic carbocycles. The Morgan fingerprint density at radius 1 is 1.04 bits per heavy atom. The van der Waals surface area contributed by atoms with Gasteiger partial charge in [-0.25, -0.2) is 9.17 Å². The van der Waals surface area contributed by atoms with E-state index in [0.29, 0.717) is 23.6 Å². The van der Waals surface area contributed by atoms with Crippen molar-refractivity contribution < 1.29 is 4.79 Å². The van der Waals surface area contributed by atoms with E-state index in [2.05, 4.69) is 35.6 Å². The average Bonchev–Trinajstić information content (AvgIpc) is 3.36. The normalized spacial score (nSPS) is 10.5. The van der Waals surface area contributed by atoms with Crippen LogP contribution in [0.1, 0.15) is 11.4 Å². The number of nitrogens with one attached hydrogen (secondary N) is 3. The van der Waals surface area contributed by atoms with Gasteiger partial charge in [0.15, 0.2) is 5.82 Å². The Morgan fingerprint density at radius 3 is 2.63 bits per heavy atom. The van der Waals surface area contributed by atoms with Crippen molar-refractivity contribution in [1.29, 1.82) is 0 Å². The topological polar surface area (TPSA) is 108 Å². The van der Waals surface area contributed by atoms with Crippen molar-refractivity contribution in [2.24, 2.45) is 0 Å². The maximum Gasteiger partial charge on any atom is 0.323 e. The largest absolute Gasteiger partial charge is 0.323 e. The zero-order chi connectivity index (χ0) is 18.5. The fraction of sp³-hybridized carbons (Fsp3) is 0.0556. The molecule has 0 unspecified atom stereocenters. The Bertz CT molecular complexity index is 1010. The molecule has 2 heterocycles. The Kier molecular flexibility index (Phi) is 4.84. The molecule has 0 fully saturated rings. The number of aromatic amines is 1. The van der Waals surface area contributed by atoms with Crippen LogP contribution < -0.4 is 10.6 Å². The summed E-state index contributed by atoms with van der Waals surface area (Å²) >= 11 is 1.44. The van der Waals surface area contributed by atoms with Gasteiger partial charge in [0.05, 0.1) is 4.88 Å². The predicted octanol–water partition coefficient (Wildman–Crippen LogP) is 3.56. The smallest absolute Gasteiger partial charge is 0.308 e. The predicted molar refractivity (Wildman–Crippen MR) is 104 cm³/mol. The molecule has 8 nitrogen and oxygen atoms in total. The van der Waals surface area contributed by atoms with Crippen molar-refractivity contribution in [1.82, 2.24) is 25.0 Å². The number of carbonyl (C=O) groups is 1. The van der Waals surface area contributed by atoms with Crippen molar-refractivity contribution in [2.75, 3.05) is 10.6 Å². The van der Waals surface area contributed by atoms with Crippen LogP contribution in [0.3, 0.4) is 0 Å². The van der Waals surface area contributed by atoms with Gasteiger partial charge in [-0.15, -0.1) is 10.2 Å². The second kappa shape index (κ2) is 7.75. The molecule has 0 aliphatic heterocycles. The van der Waals surface area contributed by atoms with E-state index < -0.39 is 0 Å². The third kappa shape index (κ3) is 4.33. The number of aromatic nitrogens is 5. The van der Waals surface area contributed by atoms with Gasteiger partial charge < -0.3 is 10.6 Å². The molecule has 0 atom stereocenters. The quantitative estimate of drug-likeness (QED) is 0.493. The average molecular weight is 377 g/mol. The highest BCUT2D eigenvalue weighted by Gasteiger charge is 2.06. The summed E-state index contributed by atoms with van der Waals surface area (Å²) in [5, 5.41) is 19.5. The van der Waals surface area contributed by atoms with Gasteiger partial charge in [-0.3, -0.25) is 0 Å². The second-order valence-electron chi connectivity index (χ2n) is 5.74. The minimum Gasteiger partial charge on any atom is -0.308 e. The summed E-state index contributed by atoms with van der Waals surface area (Å²) in [5.74, 6) is 0.595. The zero-order valence-corrected chi connectivity index (χ0v) is 14.9. The number of carbonyl (C=O) groups excluding carboxylic acids is 1. The van der Waals surface area contributed by atoms with E-state index in [0.717, 1.165) is 16.0 Å². The van der Waals surface area contributed by atoms with E-state index in [9.17, 15) is 4.79 Å². The van der Waals surface area contributed by atoms with E-state index in [1.165, 1.54) is 11.5 Å². The molecule has 4 aromatic rings. The van der Waals surface area contributed by atoms with Gasteiger partial charge >= 0.3 is 6.03 Å². The summed E-state index contributed by atoms with van der Waals surface area (Å²) in [6.45, 7) is 0. The van der Waals surface area contributed by atoms with Crippen LogP contribution in [0.4, 0.5) is 16.2 Å². The number of hydrogen-bond donors (Lipinski definition) is 3. The summed E-state index contributed by atoms with van der Waals surface area (Å²) in [5.41, 5.74) is 3.44. The van der Waals surface area contributed by atoms with E-state index in [1.807, 2.05) is 54.6 Å². The van der Waals surface area contributed by atoms with Crippen molar-refractivity contribution in [3.05, 3.63) is 72.2 Å². The fourth-order valence-corrected chi connectivity index (χ4v) is 3.17. The molecule has 2 aromatic heterocycles. The number of benzene rings is 2. The van der Waals surface area contributed by atoms with E-state index in [4.69, 9.17) is 0 Å².